The third kappa shape index (κ3) is 32.8. The number of aliphatic hydroxyl groups excluding tert-OH is 3. The summed E-state index contributed by atoms with van der Waals surface area (Å²) in [6.07, 6.45) is -2.36. The van der Waals surface area contributed by atoms with Crippen molar-refractivity contribution in [2.24, 2.45) is 0 Å². The molecule has 2 unspecified atom stereocenters. The van der Waals surface area contributed by atoms with Gasteiger partial charge in [-0.15, -0.1) is 0 Å². The Labute approximate surface area is 502 Å². The van der Waals surface area contributed by atoms with Crippen molar-refractivity contribution in [3.63, 3.8) is 0 Å². The van der Waals surface area contributed by atoms with Crippen LogP contribution in [-0.4, -0.2) is 192 Å². The van der Waals surface area contributed by atoms with Gasteiger partial charge in [-0.05, 0) is 18.5 Å². The number of carbonyl (C=O) groups is 3. The molecule has 476 valence electrons. The number of hydrogen-bond donors (Lipinski definition) is 9. The molecule has 4 aromatic rings. The highest BCUT2D eigenvalue weighted by molar-refractivity contribution is 6.90. The first-order valence-corrected chi connectivity index (χ1v) is 44.8. The van der Waals surface area contributed by atoms with E-state index in [0.717, 1.165) is 17.2 Å². The molecule has 11 N–H and O–H groups in total. The van der Waals surface area contributed by atoms with Crippen LogP contribution in [-0.2, 0) is 59.1 Å². The van der Waals surface area contributed by atoms with Gasteiger partial charge < -0.3 is 74.0 Å². The lowest BCUT2D eigenvalue weighted by Gasteiger charge is -2.28. The van der Waals surface area contributed by atoms with Crippen molar-refractivity contribution in [1.82, 2.24) is 64.0 Å². The highest BCUT2D eigenvalue weighted by Crippen LogP contribution is 2.30. The van der Waals surface area contributed by atoms with Gasteiger partial charge in [0.25, 0.3) is 17.4 Å². The molecule has 0 bridgehead atoms. The first kappa shape index (κ1) is 76.9. The molecule has 0 amide bonds. The number of aromatic nitrogens is 12. The Morgan fingerprint density at radius 2 is 1.09 bits per heavy atom. The van der Waals surface area contributed by atoms with Crippen LogP contribution >= 0.6 is 0 Å². The molecule has 0 saturated carbocycles. The van der Waals surface area contributed by atoms with Crippen LogP contribution in [0, 0.1) is 0 Å². The lowest BCUT2D eigenvalue weighted by atomic mass is 10.1. The molecule has 0 spiro atoms. The van der Waals surface area contributed by atoms with Crippen molar-refractivity contribution < 1.29 is 62.3 Å². The summed E-state index contributed by atoms with van der Waals surface area (Å²) in [7, 11) is -7.97. The van der Waals surface area contributed by atoms with Crippen LogP contribution in [0.25, 0.3) is 0 Å². The van der Waals surface area contributed by atoms with Crippen LogP contribution in [0.2, 0.25) is 90.7 Å². The Morgan fingerprint density at radius 1 is 0.635 bits per heavy atom. The highest BCUT2D eigenvalue weighted by atomic mass is 28.4. The summed E-state index contributed by atoms with van der Waals surface area (Å²) in [4.78, 5) is 102. The van der Waals surface area contributed by atoms with Crippen molar-refractivity contribution in [3.8, 4) is 0 Å². The smallest absolute Gasteiger partial charge is 0.354 e. The van der Waals surface area contributed by atoms with Gasteiger partial charge in [0.15, 0.2) is 12.3 Å². The minimum atomic E-state index is -1.56. The average Bonchev–Trinajstić information content (AvgIpc) is 3.14. The van der Waals surface area contributed by atoms with Crippen LogP contribution in [0.1, 0.15) is 65.8 Å². The monoisotopic (exact) mass is 1300 g/mol. The number of nitrogens with two attached hydrogens (primary N) is 2. The quantitative estimate of drug-likeness (QED) is 0.0388. The van der Waals surface area contributed by atoms with E-state index in [-0.39, 0.29) is 11.9 Å². The zero-order chi connectivity index (χ0) is 65.2. The molecular weight excluding hydrogens is 1210 g/mol. The minimum absolute atomic E-state index is 0.0880. The number of hydrogen-bond acceptors (Lipinski definition) is 30. The Kier molecular flexibility index (Phi) is 32.7. The van der Waals surface area contributed by atoms with E-state index in [4.69, 9.17) is 40.3 Å². The average molecular weight is 1300 g/mol. The van der Waals surface area contributed by atoms with Crippen LogP contribution in [0.4, 0.5) is 23.8 Å². The normalized spacial score (nSPS) is 19.8. The maximum Gasteiger partial charge on any atom is 0.354 e. The second kappa shape index (κ2) is 36.1. The second-order valence-corrected chi connectivity index (χ2v) is 46.8. The van der Waals surface area contributed by atoms with Gasteiger partial charge in [0.2, 0.25) is 36.2 Å². The van der Waals surface area contributed by atoms with Crippen LogP contribution in [0.5, 0.6) is 0 Å². The summed E-state index contributed by atoms with van der Waals surface area (Å²) >= 11 is 0. The molecule has 6 rings (SSSR count). The van der Waals surface area contributed by atoms with Crippen molar-refractivity contribution >= 4 is 92.0 Å². The standard InChI is InChI=1S/C12H18O7.2C9H18N4OSi2.C8H12N4O5.C6H19NSi2.C3H4N4O/c1-5-9-10(16-6(2)13)11(17-7(3)14)12(19-9)18-8(4)15;2*1-5-15(14)6-8-10-7-11-9(12-8)13-16(2,3)4;9-7-10-2-12(8(16)11-7)6-5(15)4(14)3(1-13)17-6;1-8(2,3)7-9(4,5)6;4-2-5-1-6-3(8)7-2/h9-12H,5H2,1-4H3;2*7H,5-6H2,1-4H3,(H,10,11,12,13);2-6,13-15H,1H2,(H2,9,11,16);7H,1-6H3;1H,(H3,4,5,6,7,8)/t9-,10+,11?,12-;;;3-,4+,5?,6-;;/m1..1../s1. The molecule has 8 atom stereocenters. The number of rotatable bonds is 18. The third-order valence-electron chi connectivity index (χ3n) is 10.2. The number of H-pyrrole nitrogens is 1. The second-order valence-electron chi connectivity index (χ2n) is 23.0. The Balaban J connectivity index is 0.000000521. The minimum Gasteiger partial charge on any atom is -0.456 e. The van der Waals surface area contributed by atoms with Gasteiger partial charge in [-0.3, -0.25) is 23.9 Å². The van der Waals surface area contributed by atoms with Crippen molar-refractivity contribution in [3.05, 3.63) is 57.9 Å². The maximum atomic E-state index is 11.5. The summed E-state index contributed by atoms with van der Waals surface area (Å²) in [5.74, 6) is 0.698. The fraction of sp³-hybridized carbons (Fsp3) is 0.681. The number of nitrogens with one attached hydrogen (secondary N) is 4. The molecule has 0 aliphatic carbocycles. The fourth-order valence-corrected chi connectivity index (χ4v) is 19.4. The Hall–Kier alpha value is -6.09. The van der Waals surface area contributed by atoms with E-state index in [1.165, 1.54) is 33.4 Å². The summed E-state index contributed by atoms with van der Waals surface area (Å²) < 4.78 is 53.2. The van der Waals surface area contributed by atoms with Crippen molar-refractivity contribution in [2.45, 2.75) is 200 Å². The van der Waals surface area contributed by atoms with Gasteiger partial charge in [-0.2, -0.15) is 19.9 Å². The predicted molar refractivity (Wildman–Crippen MR) is 327 cm³/mol. The molecule has 32 nitrogen and oxygen atoms in total. The van der Waals surface area contributed by atoms with Crippen molar-refractivity contribution in [2.75, 3.05) is 28.0 Å². The van der Waals surface area contributed by atoms with Crippen LogP contribution in [0.3, 0.4) is 0 Å². The lowest BCUT2D eigenvalue weighted by molar-refractivity contribution is -0.195. The van der Waals surface area contributed by atoms with Crippen molar-refractivity contribution in [1.29, 1.82) is 0 Å². The summed E-state index contributed by atoms with van der Waals surface area (Å²) in [6, 6.07) is 2.36. The largest absolute Gasteiger partial charge is 0.456 e. The summed E-state index contributed by atoms with van der Waals surface area (Å²) in [5.41, 5.74) is 9.03. The highest BCUT2D eigenvalue weighted by Gasteiger charge is 2.50. The van der Waals surface area contributed by atoms with Gasteiger partial charge in [0.1, 0.15) is 94.3 Å². The van der Waals surface area contributed by atoms with Gasteiger partial charge in [0, 0.05) is 20.8 Å². The SMILES string of the molecule is CC[C@H]1O[C@@H](OC(C)=O)C(OC(C)=O)[C@H]1OC(C)=O.CC[Si](=O)Cc1ncnc(N[Si](C)(C)C)n1.CC[Si](=O)Cc1ncnc(N[Si](C)(C)C)n1.C[Si](C)(C)N[Si](C)(C)C.Nc1ncn([C@@H]2O[C@H](CO)[C@H](O)C2O)c(=O)n1.Nc1ncnc(=O)[nH]1. The van der Waals surface area contributed by atoms with E-state index in [9.17, 15) is 43.1 Å². The molecule has 0 radical (unpaired) electrons. The number of anilines is 4. The van der Waals surface area contributed by atoms with Gasteiger partial charge >= 0.3 is 29.3 Å². The van der Waals surface area contributed by atoms with Crippen LogP contribution < -0.4 is 37.5 Å². The summed E-state index contributed by atoms with van der Waals surface area (Å²) in [6.45, 7) is 36.0. The van der Waals surface area contributed by atoms with E-state index < -0.39 is 135 Å². The number of nitrogens with zero attached hydrogens (tertiary/aromatic N) is 11. The van der Waals surface area contributed by atoms with E-state index in [1.807, 2.05) is 20.8 Å². The fourth-order valence-electron chi connectivity index (χ4n) is 7.24. The number of aromatic amines is 1. The molecule has 2 fully saturated rings. The third-order valence-corrected chi connectivity index (χ3v) is 21.1. The number of ether oxygens (including phenoxy) is 5. The van der Waals surface area contributed by atoms with E-state index in [1.54, 1.807) is 0 Å². The van der Waals surface area contributed by atoms with E-state index in [2.05, 4.69) is 148 Å². The first-order valence-electron chi connectivity index (χ1n) is 27.1. The number of aliphatic hydroxyl groups is 3. The van der Waals surface area contributed by atoms with E-state index in [0.29, 0.717) is 54.1 Å². The molecule has 38 heteroatoms. The van der Waals surface area contributed by atoms with Gasteiger partial charge in [0.05, 0.1) is 18.7 Å². The number of esters is 3. The molecular formula is C47H89N17O15Si6. The van der Waals surface area contributed by atoms with Crippen LogP contribution in [0.15, 0.2) is 34.9 Å². The van der Waals surface area contributed by atoms with Gasteiger partial charge in [-0.1, -0.05) is 99.3 Å². The molecule has 2 saturated heterocycles. The first-order chi connectivity index (χ1) is 39.2. The zero-order valence-electron chi connectivity index (χ0n) is 52.0. The predicted octanol–water partition coefficient (Wildman–Crippen LogP) is 1.66. The van der Waals surface area contributed by atoms with Gasteiger partial charge in [-0.25, -0.2) is 39.5 Å². The molecule has 2 aliphatic heterocycles. The molecule has 85 heavy (non-hydrogen) atoms. The number of carbonyl (C=O) groups excluding carboxylic acids is 3. The number of nitrogen functional groups attached to an aromatic ring is 2. The Morgan fingerprint density at radius 3 is 1.44 bits per heavy atom. The Bertz CT molecular complexity index is 2790. The summed E-state index contributed by atoms with van der Waals surface area (Å²) in [5, 5.41) is 28.1. The van der Waals surface area contributed by atoms with E-state index >= 15 is 0 Å². The molecule has 4 aromatic heterocycles. The zero-order valence-corrected chi connectivity index (χ0v) is 58.0. The topological polar surface area (TPSA) is 464 Å². The molecule has 6 heterocycles. The molecule has 0 aromatic carbocycles. The lowest BCUT2D eigenvalue weighted by Crippen LogP contribution is -2.55. The maximum absolute atomic E-state index is 11.5. The molecule has 2 aliphatic rings.